The van der Waals surface area contributed by atoms with Crippen LogP contribution in [0.25, 0.3) is 0 Å². The molecule has 0 radical (unpaired) electrons. The summed E-state index contributed by atoms with van der Waals surface area (Å²) in [5.41, 5.74) is -0.622. The smallest absolute Gasteiger partial charge is 0.335 e. The minimum absolute atomic E-state index is 0.0309. The standard InChI is InChI=1S/C14H16N2O5/c1-15(8-9-3-2-4-9)13(17)10-5-11(14(18)19)7-12(6-10)16(20)21/h5-7,9H,2-4,8H2,1H3,(H,18,19). The minimum atomic E-state index is -1.30. The molecule has 21 heavy (non-hydrogen) atoms. The number of carbonyl (C=O) groups is 2. The van der Waals surface area contributed by atoms with E-state index in [1.165, 1.54) is 11.0 Å². The molecule has 1 aliphatic carbocycles. The van der Waals surface area contributed by atoms with Crippen LogP contribution in [0.1, 0.15) is 40.0 Å². The number of hydrogen-bond donors (Lipinski definition) is 1. The van der Waals surface area contributed by atoms with Gasteiger partial charge in [-0.05, 0) is 24.8 Å². The zero-order valence-electron chi connectivity index (χ0n) is 11.6. The van der Waals surface area contributed by atoms with Crippen LogP contribution < -0.4 is 0 Å². The van der Waals surface area contributed by atoms with Gasteiger partial charge in [-0.2, -0.15) is 0 Å². The first kappa shape index (κ1) is 15.0. The minimum Gasteiger partial charge on any atom is -0.478 e. The van der Waals surface area contributed by atoms with E-state index in [2.05, 4.69) is 0 Å². The molecule has 1 amide bonds. The fraction of sp³-hybridized carbons (Fsp3) is 0.429. The van der Waals surface area contributed by atoms with Crippen molar-refractivity contribution in [2.75, 3.05) is 13.6 Å². The summed E-state index contributed by atoms with van der Waals surface area (Å²) >= 11 is 0. The van der Waals surface area contributed by atoms with Crippen molar-refractivity contribution < 1.29 is 19.6 Å². The summed E-state index contributed by atoms with van der Waals surface area (Å²) in [4.78, 5) is 34.9. The molecular formula is C14H16N2O5. The highest BCUT2D eigenvalue weighted by molar-refractivity contribution is 5.98. The molecule has 0 aliphatic heterocycles. The van der Waals surface area contributed by atoms with E-state index in [0.717, 1.165) is 31.4 Å². The van der Waals surface area contributed by atoms with Crippen LogP contribution in [0.3, 0.4) is 0 Å². The second kappa shape index (κ2) is 5.90. The predicted octanol–water partition coefficient (Wildman–Crippen LogP) is 2.17. The maximum absolute atomic E-state index is 12.3. The first-order valence-electron chi connectivity index (χ1n) is 6.66. The van der Waals surface area contributed by atoms with Crippen LogP contribution in [0.2, 0.25) is 0 Å². The van der Waals surface area contributed by atoms with Crippen LogP contribution in [0.15, 0.2) is 18.2 Å². The van der Waals surface area contributed by atoms with Crippen molar-refractivity contribution in [3.05, 3.63) is 39.4 Å². The van der Waals surface area contributed by atoms with Gasteiger partial charge in [0.2, 0.25) is 0 Å². The highest BCUT2D eigenvalue weighted by Gasteiger charge is 2.24. The average molecular weight is 292 g/mol. The van der Waals surface area contributed by atoms with Gasteiger partial charge in [0.25, 0.3) is 11.6 Å². The molecular weight excluding hydrogens is 276 g/mol. The van der Waals surface area contributed by atoms with Crippen molar-refractivity contribution in [3.8, 4) is 0 Å². The van der Waals surface area contributed by atoms with Crippen LogP contribution in [0.5, 0.6) is 0 Å². The molecule has 1 aliphatic rings. The van der Waals surface area contributed by atoms with Crippen molar-refractivity contribution in [1.29, 1.82) is 0 Å². The van der Waals surface area contributed by atoms with E-state index in [1.54, 1.807) is 7.05 Å². The zero-order chi connectivity index (χ0) is 15.6. The molecule has 1 saturated carbocycles. The Labute approximate surface area is 121 Å². The molecule has 2 rings (SSSR count). The number of benzene rings is 1. The number of nitro groups is 1. The van der Waals surface area contributed by atoms with Crippen molar-refractivity contribution in [1.82, 2.24) is 4.90 Å². The lowest BCUT2D eigenvalue weighted by molar-refractivity contribution is -0.384. The molecule has 7 nitrogen and oxygen atoms in total. The first-order valence-corrected chi connectivity index (χ1v) is 6.66. The zero-order valence-corrected chi connectivity index (χ0v) is 11.6. The molecule has 1 fully saturated rings. The van der Waals surface area contributed by atoms with Crippen molar-refractivity contribution in [3.63, 3.8) is 0 Å². The van der Waals surface area contributed by atoms with Gasteiger partial charge in [-0.3, -0.25) is 14.9 Å². The number of nitrogens with zero attached hydrogens (tertiary/aromatic N) is 2. The number of carboxylic acid groups (broad SMARTS) is 1. The highest BCUT2D eigenvalue weighted by atomic mass is 16.6. The number of aromatic carboxylic acids is 1. The van der Waals surface area contributed by atoms with E-state index in [-0.39, 0.29) is 11.1 Å². The maximum Gasteiger partial charge on any atom is 0.335 e. The average Bonchev–Trinajstić information content (AvgIpc) is 2.41. The second-order valence-electron chi connectivity index (χ2n) is 5.31. The molecule has 0 aromatic heterocycles. The van der Waals surface area contributed by atoms with Gasteiger partial charge in [0.05, 0.1) is 10.5 Å². The Balaban J connectivity index is 2.25. The van der Waals surface area contributed by atoms with E-state index < -0.39 is 22.5 Å². The second-order valence-corrected chi connectivity index (χ2v) is 5.31. The summed E-state index contributed by atoms with van der Waals surface area (Å²) in [6.45, 7) is 0.587. The van der Waals surface area contributed by atoms with E-state index >= 15 is 0 Å². The molecule has 0 spiro atoms. The fourth-order valence-electron chi connectivity index (χ4n) is 2.33. The lowest BCUT2D eigenvalue weighted by atomic mass is 9.85. The van der Waals surface area contributed by atoms with Gasteiger partial charge in [0, 0.05) is 31.3 Å². The van der Waals surface area contributed by atoms with Crippen molar-refractivity contribution >= 4 is 17.6 Å². The lowest BCUT2D eigenvalue weighted by Gasteiger charge is -2.30. The number of rotatable bonds is 5. The topological polar surface area (TPSA) is 101 Å². The third kappa shape index (κ3) is 3.36. The molecule has 0 unspecified atom stereocenters. The SMILES string of the molecule is CN(CC1CCC1)C(=O)c1cc(C(=O)O)cc([N+](=O)[O-])c1. The molecule has 0 heterocycles. The molecule has 1 aromatic carbocycles. The van der Waals surface area contributed by atoms with E-state index in [1.807, 2.05) is 0 Å². The van der Waals surface area contributed by atoms with E-state index in [9.17, 15) is 19.7 Å². The highest BCUT2D eigenvalue weighted by Crippen LogP contribution is 2.27. The van der Waals surface area contributed by atoms with Gasteiger partial charge >= 0.3 is 5.97 Å². The van der Waals surface area contributed by atoms with Gasteiger partial charge in [-0.25, -0.2) is 4.79 Å². The van der Waals surface area contributed by atoms with Gasteiger partial charge in [0.15, 0.2) is 0 Å². The van der Waals surface area contributed by atoms with Crippen molar-refractivity contribution in [2.24, 2.45) is 5.92 Å². The number of non-ortho nitro benzene ring substituents is 1. The Kier molecular flexibility index (Phi) is 4.21. The fourth-order valence-corrected chi connectivity index (χ4v) is 2.33. The first-order chi connectivity index (χ1) is 9.88. The molecule has 0 saturated heterocycles. The monoisotopic (exact) mass is 292 g/mol. The van der Waals surface area contributed by atoms with Crippen LogP contribution in [0.4, 0.5) is 5.69 Å². The summed E-state index contributed by atoms with van der Waals surface area (Å²) in [7, 11) is 1.62. The van der Waals surface area contributed by atoms with Crippen LogP contribution in [0, 0.1) is 16.0 Å². The van der Waals surface area contributed by atoms with Gasteiger partial charge in [-0.1, -0.05) is 6.42 Å². The maximum atomic E-state index is 12.3. The third-order valence-corrected chi connectivity index (χ3v) is 3.73. The summed E-state index contributed by atoms with van der Waals surface area (Å²) in [5, 5.41) is 19.8. The molecule has 0 atom stereocenters. The van der Waals surface area contributed by atoms with Crippen molar-refractivity contribution in [2.45, 2.75) is 19.3 Å². The quantitative estimate of drug-likeness (QED) is 0.662. The number of carboxylic acids is 1. The molecule has 0 bridgehead atoms. The molecule has 1 aromatic rings. The lowest BCUT2D eigenvalue weighted by Crippen LogP contribution is -2.34. The molecule has 1 N–H and O–H groups in total. The largest absolute Gasteiger partial charge is 0.478 e. The number of amides is 1. The summed E-state index contributed by atoms with van der Waals surface area (Å²) < 4.78 is 0. The Morgan fingerprint density at radius 3 is 2.43 bits per heavy atom. The third-order valence-electron chi connectivity index (χ3n) is 3.73. The number of carbonyl (C=O) groups excluding carboxylic acids is 1. The van der Waals surface area contributed by atoms with Gasteiger partial charge < -0.3 is 10.0 Å². The number of hydrogen-bond acceptors (Lipinski definition) is 4. The van der Waals surface area contributed by atoms with Gasteiger partial charge in [0.1, 0.15) is 0 Å². The molecule has 7 heteroatoms. The molecule has 112 valence electrons. The van der Waals surface area contributed by atoms with Crippen LogP contribution in [-0.4, -0.2) is 40.4 Å². The predicted molar refractivity (Wildman–Crippen MR) is 74.4 cm³/mol. The summed E-state index contributed by atoms with van der Waals surface area (Å²) in [5.74, 6) is -1.22. The summed E-state index contributed by atoms with van der Waals surface area (Å²) in [6, 6.07) is 3.24. The Bertz CT molecular complexity index is 563. The Hall–Kier alpha value is -2.44. The van der Waals surface area contributed by atoms with Gasteiger partial charge in [-0.15, -0.1) is 0 Å². The van der Waals surface area contributed by atoms with E-state index in [0.29, 0.717) is 12.5 Å². The normalized spacial score (nSPS) is 14.3. The number of nitro benzene ring substituents is 1. The Morgan fingerprint density at radius 2 is 1.95 bits per heavy atom. The van der Waals surface area contributed by atoms with Crippen LogP contribution in [-0.2, 0) is 0 Å². The summed E-state index contributed by atoms with van der Waals surface area (Å²) in [6.07, 6.45) is 3.31. The van der Waals surface area contributed by atoms with E-state index in [4.69, 9.17) is 5.11 Å². The van der Waals surface area contributed by atoms with Crippen LogP contribution >= 0.6 is 0 Å². The Morgan fingerprint density at radius 1 is 1.33 bits per heavy atom.